The first-order valence-electron chi connectivity index (χ1n) is 8.77. The minimum absolute atomic E-state index is 0.176. The summed E-state index contributed by atoms with van der Waals surface area (Å²) in [5.41, 5.74) is 7.96. The zero-order valence-corrected chi connectivity index (χ0v) is 16.1. The number of hydrogen-bond acceptors (Lipinski definition) is 2. The molecule has 0 aromatic heterocycles. The molecular weight excluding hydrogens is 348 g/mol. The van der Waals surface area contributed by atoms with Crippen molar-refractivity contribution in [3.05, 3.63) is 70.2 Å². The van der Waals surface area contributed by atoms with E-state index in [1.807, 2.05) is 19.1 Å². The standard InChI is InChI=1S/C21H25ClN2O2/c1-14(2)12-16-4-8-18(9-5-16)15(3)21(26)24-23-20(25)13-17-6-10-19(22)11-7-17/h4-11,14-15H,12-13H2,1-3H3,(H,23,25)(H,24,26). The van der Waals surface area contributed by atoms with Crippen LogP contribution in [-0.4, -0.2) is 11.8 Å². The van der Waals surface area contributed by atoms with Crippen LogP contribution < -0.4 is 10.9 Å². The van der Waals surface area contributed by atoms with Gasteiger partial charge < -0.3 is 0 Å². The van der Waals surface area contributed by atoms with Gasteiger partial charge in [-0.1, -0.05) is 61.8 Å². The van der Waals surface area contributed by atoms with Crippen LogP contribution >= 0.6 is 11.6 Å². The van der Waals surface area contributed by atoms with Gasteiger partial charge in [-0.05, 0) is 48.1 Å². The van der Waals surface area contributed by atoms with Crippen LogP contribution in [0, 0.1) is 5.92 Å². The molecule has 5 heteroatoms. The van der Waals surface area contributed by atoms with Crippen molar-refractivity contribution >= 4 is 23.4 Å². The van der Waals surface area contributed by atoms with Gasteiger partial charge in [-0.3, -0.25) is 20.4 Å². The molecule has 0 spiro atoms. The summed E-state index contributed by atoms with van der Waals surface area (Å²) in [5.74, 6) is -0.275. The number of benzene rings is 2. The van der Waals surface area contributed by atoms with Crippen molar-refractivity contribution in [3.8, 4) is 0 Å². The molecule has 0 aliphatic heterocycles. The fourth-order valence-corrected chi connectivity index (χ4v) is 2.76. The van der Waals surface area contributed by atoms with Gasteiger partial charge in [0.1, 0.15) is 0 Å². The summed E-state index contributed by atoms with van der Waals surface area (Å²) in [4.78, 5) is 24.2. The molecule has 2 aromatic rings. The van der Waals surface area contributed by atoms with Gasteiger partial charge in [0, 0.05) is 5.02 Å². The number of hydrogen-bond donors (Lipinski definition) is 2. The number of rotatable bonds is 6. The Kier molecular flexibility index (Phi) is 7.22. The highest BCUT2D eigenvalue weighted by Crippen LogP contribution is 2.17. The topological polar surface area (TPSA) is 58.2 Å². The molecule has 0 aliphatic carbocycles. The highest BCUT2D eigenvalue weighted by molar-refractivity contribution is 6.30. The Hall–Kier alpha value is -2.33. The van der Waals surface area contributed by atoms with Crippen molar-refractivity contribution in [1.29, 1.82) is 0 Å². The van der Waals surface area contributed by atoms with Crippen molar-refractivity contribution in [2.45, 2.75) is 39.5 Å². The summed E-state index contributed by atoms with van der Waals surface area (Å²) in [6.45, 7) is 6.17. The van der Waals surface area contributed by atoms with Crippen LogP contribution in [-0.2, 0) is 22.4 Å². The van der Waals surface area contributed by atoms with Gasteiger partial charge in [-0.15, -0.1) is 0 Å². The van der Waals surface area contributed by atoms with E-state index < -0.39 is 0 Å². The minimum atomic E-state index is -0.348. The normalized spacial score (nSPS) is 11.9. The lowest BCUT2D eigenvalue weighted by atomic mass is 9.96. The van der Waals surface area contributed by atoms with Crippen LogP contribution in [0.4, 0.5) is 0 Å². The van der Waals surface area contributed by atoms with Gasteiger partial charge in [0.25, 0.3) is 0 Å². The van der Waals surface area contributed by atoms with Crippen LogP contribution in [0.1, 0.15) is 43.4 Å². The van der Waals surface area contributed by atoms with E-state index in [0.717, 1.165) is 17.5 Å². The Bertz CT molecular complexity index is 740. The van der Waals surface area contributed by atoms with E-state index in [0.29, 0.717) is 10.9 Å². The first-order valence-corrected chi connectivity index (χ1v) is 9.15. The first-order chi connectivity index (χ1) is 12.3. The molecule has 1 unspecified atom stereocenters. The largest absolute Gasteiger partial charge is 0.273 e. The molecule has 2 N–H and O–H groups in total. The third kappa shape index (κ3) is 6.19. The zero-order valence-electron chi connectivity index (χ0n) is 15.4. The first kappa shape index (κ1) is 20.0. The predicted octanol–water partition coefficient (Wildman–Crippen LogP) is 4.03. The number of halogens is 1. The molecule has 2 aromatic carbocycles. The summed E-state index contributed by atoms with van der Waals surface area (Å²) < 4.78 is 0. The van der Waals surface area contributed by atoms with E-state index in [1.54, 1.807) is 24.3 Å². The summed E-state index contributed by atoms with van der Waals surface area (Å²) in [6.07, 6.45) is 1.19. The van der Waals surface area contributed by atoms with E-state index in [-0.39, 0.29) is 24.2 Å². The van der Waals surface area contributed by atoms with E-state index in [1.165, 1.54) is 5.56 Å². The highest BCUT2D eigenvalue weighted by Gasteiger charge is 2.16. The monoisotopic (exact) mass is 372 g/mol. The van der Waals surface area contributed by atoms with Crippen molar-refractivity contribution < 1.29 is 9.59 Å². The van der Waals surface area contributed by atoms with E-state index >= 15 is 0 Å². The molecule has 26 heavy (non-hydrogen) atoms. The van der Waals surface area contributed by atoms with Gasteiger partial charge >= 0.3 is 0 Å². The van der Waals surface area contributed by atoms with Crippen molar-refractivity contribution in [1.82, 2.24) is 10.9 Å². The van der Waals surface area contributed by atoms with Gasteiger partial charge in [-0.25, -0.2) is 0 Å². The van der Waals surface area contributed by atoms with Gasteiger partial charge in [0.05, 0.1) is 12.3 Å². The van der Waals surface area contributed by atoms with Crippen LogP contribution in [0.5, 0.6) is 0 Å². The maximum atomic E-state index is 12.3. The van der Waals surface area contributed by atoms with Gasteiger partial charge in [0.15, 0.2) is 0 Å². The maximum Gasteiger partial charge on any atom is 0.245 e. The molecule has 4 nitrogen and oxygen atoms in total. The molecule has 2 amide bonds. The molecule has 0 radical (unpaired) electrons. The SMILES string of the molecule is CC(C)Cc1ccc(C(C)C(=O)NNC(=O)Cc2ccc(Cl)cc2)cc1. The lowest BCUT2D eigenvalue weighted by molar-refractivity contribution is -0.129. The van der Waals surface area contributed by atoms with Crippen molar-refractivity contribution in [2.24, 2.45) is 5.92 Å². The fourth-order valence-electron chi connectivity index (χ4n) is 2.64. The summed E-state index contributed by atoms with van der Waals surface area (Å²) in [6, 6.07) is 15.1. The van der Waals surface area contributed by atoms with Crippen molar-refractivity contribution in [2.75, 3.05) is 0 Å². The Morgan fingerprint density at radius 2 is 1.46 bits per heavy atom. The molecule has 2 rings (SSSR count). The number of carbonyl (C=O) groups excluding carboxylic acids is 2. The quantitative estimate of drug-likeness (QED) is 0.752. The molecule has 0 aliphatic rings. The predicted molar refractivity (Wildman–Crippen MR) is 105 cm³/mol. The average Bonchev–Trinajstić information content (AvgIpc) is 2.61. The second-order valence-electron chi connectivity index (χ2n) is 6.90. The van der Waals surface area contributed by atoms with E-state index in [4.69, 9.17) is 11.6 Å². The van der Waals surface area contributed by atoms with E-state index in [9.17, 15) is 9.59 Å². The maximum absolute atomic E-state index is 12.3. The van der Waals surface area contributed by atoms with Crippen LogP contribution in [0.25, 0.3) is 0 Å². The third-order valence-corrected chi connectivity index (χ3v) is 4.37. The Balaban J connectivity index is 1.84. The number of nitrogens with one attached hydrogen (secondary N) is 2. The lowest BCUT2D eigenvalue weighted by Gasteiger charge is -2.14. The Morgan fingerprint density at radius 3 is 2.04 bits per heavy atom. The van der Waals surface area contributed by atoms with Crippen LogP contribution in [0.3, 0.4) is 0 Å². The molecular formula is C21H25ClN2O2. The summed E-state index contributed by atoms with van der Waals surface area (Å²) >= 11 is 5.82. The van der Waals surface area contributed by atoms with Crippen LogP contribution in [0.15, 0.2) is 48.5 Å². The Labute approximate surface area is 159 Å². The smallest absolute Gasteiger partial charge is 0.245 e. The van der Waals surface area contributed by atoms with Crippen LogP contribution in [0.2, 0.25) is 5.02 Å². The van der Waals surface area contributed by atoms with E-state index in [2.05, 4.69) is 36.8 Å². The van der Waals surface area contributed by atoms with Gasteiger partial charge in [-0.2, -0.15) is 0 Å². The lowest BCUT2D eigenvalue weighted by Crippen LogP contribution is -2.44. The number of amides is 2. The molecule has 0 saturated carbocycles. The second kappa shape index (κ2) is 9.39. The summed E-state index contributed by atoms with van der Waals surface area (Å²) in [5, 5.41) is 0.621. The average molecular weight is 373 g/mol. The molecule has 138 valence electrons. The number of hydrazine groups is 1. The van der Waals surface area contributed by atoms with Gasteiger partial charge in [0.2, 0.25) is 11.8 Å². The number of carbonyl (C=O) groups is 2. The second-order valence-corrected chi connectivity index (χ2v) is 7.34. The highest BCUT2D eigenvalue weighted by atomic mass is 35.5. The Morgan fingerprint density at radius 1 is 0.885 bits per heavy atom. The molecule has 0 fully saturated rings. The summed E-state index contributed by atoms with van der Waals surface area (Å²) in [7, 11) is 0. The molecule has 0 saturated heterocycles. The third-order valence-electron chi connectivity index (χ3n) is 4.12. The molecule has 0 bridgehead atoms. The fraction of sp³-hybridized carbons (Fsp3) is 0.333. The minimum Gasteiger partial charge on any atom is -0.273 e. The van der Waals surface area contributed by atoms with Crippen molar-refractivity contribution in [3.63, 3.8) is 0 Å². The molecule has 1 atom stereocenters. The zero-order chi connectivity index (χ0) is 19.1. The molecule has 0 heterocycles.